The number of carbonyl (C=O) groups excluding carboxylic acids is 1. The van der Waals surface area contributed by atoms with Crippen molar-refractivity contribution < 1.29 is 23.2 Å². The number of piperidine rings is 1. The minimum absolute atomic E-state index is 0.0120. The van der Waals surface area contributed by atoms with Crippen molar-refractivity contribution in [2.75, 3.05) is 26.3 Å². The Morgan fingerprint density at radius 1 is 1.39 bits per heavy atom. The molecule has 36 heavy (non-hydrogen) atoms. The lowest BCUT2D eigenvalue weighted by molar-refractivity contribution is -0.161. The zero-order valence-corrected chi connectivity index (χ0v) is 23.8. The number of carbonyl (C=O) groups is 1. The largest absolute Gasteiger partial charge is 0.489 e. The van der Waals surface area contributed by atoms with Crippen molar-refractivity contribution in [1.29, 1.82) is 0 Å². The molecule has 3 atom stereocenters. The molecule has 1 unspecified atom stereocenters. The van der Waals surface area contributed by atoms with Crippen molar-refractivity contribution in [2.24, 2.45) is 11.1 Å². The molecule has 0 saturated carbocycles. The van der Waals surface area contributed by atoms with Gasteiger partial charge in [-0.2, -0.15) is 0 Å². The predicted molar refractivity (Wildman–Crippen MR) is 144 cm³/mol. The Labute approximate surface area is 223 Å². The standard InChI is InChI=1S/C27H41ClN2O5S/c1-7-13-33-23-14-18(8-2)22(28)15-20(23)21(16-26(3,4)36(29)32)19-9-11-30(12-10-19)25(31)24-17-34-27(5,6)35-24/h7,14-15,19,21,24H,1,8-13,16-17,29H2,2-6H3/t21-,24-,36?/m1/s1. The normalized spacial score (nSPS) is 22.3. The van der Waals surface area contributed by atoms with Crippen molar-refractivity contribution in [3.05, 3.63) is 40.9 Å². The number of nitrogens with zero attached hydrogens (tertiary/aromatic N) is 1. The van der Waals surface area contributed by atoms with Crippen LogP contribution in [0.25, 0.3) is 0 Å². The van der Waals surface area contributed by atoms with Crippen LogP contribution >= 0.6 is 11.6 Å². The van der Waals surface area contributed by atoms with Crippen LogP contribution in [0.2, 0.25) is 5.02 Å². The van der Waals surface area contributed by atoms with Gasteiger partial charge in [-0.15, -0.1) is 0 Å². The molecule has 2 fully saturated rings. The molecule has 2 N–H and O–H groups in total. The quantitative estimate of drug-likeness (QED) is 0.433. The van der Waals surface area contributed by atoms with Crippen LogP contribution in [0, 0.1) is 5.92 Å². The fraction of sp³-hybridized carbons (Fsp3) is 0.667. The molecule has 3 rings (SSSR count). The molecular formula is C27H41ClN2O5S. The predicted octanol–water partition coefficient (Wildman–Crippen LogP) is 4.73. The van der Waals surface area contributed by atoms with E-state index in [-0.39, 0.29) is 24.3 Å². The van der Waals surface area contributed by atoms with E-state index in [4.69, 9.17) is 31.0 Å². The average molecular weight is 541 g/mol. The molecule has 2 heterocycles. The van der Waals surface area contributed by atoms with Gasteiger partial charge >= 0.3 is 0 Å². The van der Waals surface area contributed by atoms with E-state index in [1.807, 2.05) is 44.7 Å². The average Bonchev–Trinajstić information content (AvgIpc) is 3.20. The van der Waals surface area contributed by atoms with Crippen LogP contribution in [0.4, 0.5) is 0 Å². The molecule has 0 aliphatic carbocycles. The third-order valence-corrected chi connectivity index (χ3v) is 8.88. The van der Waals surface area contributed by atoms with Crippen molar-refractivity contribution in [3.8, 4) is 5.75 Å². The summed E-state index contributed by atoms with van der Waals surface area (Å²) >= 11 is 6.67. The van der Waals surface area contributed by atoms with Crippen LogP contribution in [0.5, 0.6) is 5.75 Å². The molecule has 1 amide bonds. The SMILES string of the molecule is C=CCOc1cc(CC)c(Cl)cc1[C@H](CC(C)(C)S(N)=O)C1CCN(C(=O)[C@H]2COC(C)(C)O2)CC1. The van der Waals surface area contributed by atoms with Gasteiger partial charge in [0.05, 0.1) is 22.3 Å². The highest BCUT2D eigenvalue weighted by Gasteiger charge is 2.41. The van der Waals surface area contributed by atoms with Gasteiger partial charge in [0, 0.05) is 18.1 Å². The smallest absolute Gasteiger partial charge is 0.254 e. The Bertz CT molecular complexity index is 975. The number of rotatable bonds is 10. The summed E-state index contributed by atoms with van der Waals surface area (Å²) in [5, 5.41) is 6.59. The van der Waals surface area contributed by atoms with Gasteiger partial charge in [-0.05, 0) is 88.5 Å². The zero-order chi connectivity index (χ0) is 26.7. The molecule has 0 radical (unpaired) electrons. The van der Waals surface area contributed by atoms with E-state index in [0.29, 0.717) is 31.1 Å². The first-order valence-electron chi connectivity index (χ1n) is 12.7. The number of hydrogen-bond donors (Lipinski definition) is 1. The Balaban J connectivity index is 1.86. The number of hydrogen-bond acceptors (Lipinski definition) is 5. The second kappa shape index (κ2) is 11.9. The number of likely N-dealkylation sites (tertiary alicyclic amines) is 1. The van der Waals surface area contributed by atoms with Crippen molar-refractivity contribution in [1.82, 2.24) is 4.90 Å². The van der Waals surface area contributed by atoms with Crippen LogP contribution in [0.3, 0.4) is 0 Å². The van der Waals surface area contributed by atoms with E-state index >= 15 is 0 Å². The number of amides is 1. The second-order valence-electron chi connectivity index (χ2n) is 10.8. The van der Waals surface area contributed by atoms with Gasteiger partial charge in [-0.25, -0.2) is 4.21 Å². The van der Waals surface area contributed by atoms with Gasteiger partial charge in [0.15, 0.2) is 11.9 Å². The lowest BCUT2D eigenvalue weighted by Crippen LogP contribution is -2.46. The maximum Gasteiger partial charge on any atom is 0.254 e. The Kier molecular flexibility index (Phi) is 9.66. The summed E-state index contributed by atoms with van der Waals surface area (Å²) in [7, 11) is -1.51. The van der Waals surface area contributed by atoms with Gasteiger partial charge in [0.25, 0.3) is 5.91 Å². The highest BCUT2D eigenvalue weighted by molar-refractivity contribution is 7.84. The van der Waals surface area contributed by atoms with E-state index in [9.17, 15) is 9.00 Å². The van der Waals surface area contributed by atoms with E-state index in [0.717, 1.165) is 36.1 Å². The van der Waals surface area contributed by atoms with Crippen LogP contribution in [-0.2, 0) is 31.7 Å². The second-order valence-corrected chi connectivity index (χ2v) is 12.9. The Hall–Kier alpha value is -1.45. The molecule has 2 saturated heterocycles. The van der Waals surface area contributed by atoms with Crippen molar-refractivity contribution in [3.63, 3.8) is 0 Å². The molecule has 2 aliphatic heterocycles. The highest BCUT2D eigenvalue weighted by atomic mass is 35.5. The number of aryl methyl sites for hydroxylation is 1. The molecular weight excluding hydrogens is 500 g/mol. The Morgan fingerprint density at radius 2 is 2.06 bits per heavy atom. The van der Waals surface area contributed by atoms with Gasteiger partial charge in [0.1, 0.15) is 12.4 Å². The topological polar surface area (TPSA) is 91.1 Å². The van der Waals surface area contributed by atoms with Gasteiger partial charge < -0.3 is 19.1 Å². The van der Waals surface area contributed by atoms with E-state index in [1.54, 1.807) is 6.08 Å². The number of ether oxygens (including phenoxy) is 3. The van der Waals surface area contributed by atoms with Crippen molar-refractivity contribution >= 4 is 28.5 Å². The fourth-order valence-electron chi connectivity index (χ4n) is 5.12. The summed E-state index contributed by atoms with van der Waals surface area (Å²) in [6.45, 7) is 15.2. The minimum atomic E-state index is -1.51. The minimum Gasteiger partial charge on any atom is -0.489 e. The van der Waals surface area contributed by atoms with Crippen LogP contribution in [0.1, 0.15) is 70.9 Å². The van der Waals surface area contributed by atoms with E-state index in [1.165, 1.54) is 0 Å². The summed E-state index contributed by atoms with van der Waals surface area (Å²) < 4.78 is 29.3. The van der Waals surface area contributed by atoms with Gasteiger partial charge in [0.2, 0.25) is 0 Å². The van der Waals surface area contributed by atoms with E-state index in [2.05, 4.69) is 13.5 Å². The first-order valence-corrected chi connectivity index (χ1v) is 14.3. The molecule has 0 spiro atoms. The lowest BCUT2D eigenvalue weighted by atomic mass is 9.75. The molecule has 2 aliphatic rings. The monoisotopic (exact) mass is 540 g/mol. The molecule has 1 aromatic rings. The summed E-state index contributed by atoms with van der Waals surface area (Å²) in [5.41, 5.74) is 2.01. The number of nitrogens with two attached hydrogens (primary N) is 1. The first-order chi connectivity index (χ1) is 16.9. The molecule has 9 heteroatoms. The number of benzene rings is 1. The molecule has 0 bridgehead atoms. The maximum atomic E-state index is 13.1. The molecule has 1 aromatic carbocycles. The highest BCUT2D eigenvalue weighted by Crippen LogP contribution is 2.44. The van der Waals surface area contributed by atoms with E-state index < -0.39 is 27.6 Å². The molecule has 202 valence electrons. The maximum absolute atomic E-state index is 13.1. The number of halogens is 1. The van der Waals surface area contributed by atoms with Crippen LogP contribution < -0.4 is 9.88 Å². The third-order valence-electron chi connectivity index (χ3n) is 7.28. The Morgan fingerprint density at radius 3 is 2.58 bits per heavy atom. The summed E-state index contributed by atoms with van der Waals surface area (Å²) in [6, 6.07) is 4.01. The zero-order valence-electron chi connectivity index (χ0n) is 22.2. The third kappa shape index (κ3) is 6.90. The van der Waals surface area contributed by atoms with Gasteiger partial charge in [-0.1, -0.05) is 31.2 Å². The summed E-state index contributed by atoms with van der Waals surface area (Å²) in [4.78, 5) is 14.9. The molecule has 7 nitrogen and oxygen atoms in total. The summed E-state index contributed by atoms with van der Waals surface area (Å²) in [5.74, 6) is 0.266. The lowest BCUT2D eigenvalue weighted by Gasteiger charge is -2.39. The molecule has 0 aromatic heterocycles. The van der Waals surface area contributed by atoms with Crippen LogP contribution in [0.15, 0.2) is 24.8 Å². The first kappa shape index (κ1) is 29.1. The summed E-state index contributed by atoms with van der Waals surface area (Å²) in [6.07, 6.45) is 4.15. The van der Waals surface area contributed by atoms with Crippen molar-refractivity contribution in [2.45, 2.75) is 82.9 Å². The van der Waals surface area contributed by atoms with Gasteiger partial charge in [-0.3, -0.25) is 9.93 Å². The van der Waals surface area contributed by atoms with Crippen LogP contribution in [-0.4, -0.2) is 58.0 Å². The fourth-order valence-corrected chi connectivity index (χ4v) is 5.77.